The summed E-state index contributed by atoms with van der Waals surface area (Å²) in [4.78, 5) is 25.6. The second-order valence-electron chi connectivity index (χ2n) is 26.6. The average Bonchev–Trinajstić information content (AvgIpc) is 3.49. The van der Waals surface area contributed by atoms with Crippen LogP contribution in [0, 0.1) is 0 Å². The Morgan fingerprint density at radius 1 is 0.412 bits per heavy atom. The summed E-state index contributed by atoms with van der Waals surface area (Å²) in [5.41, 5.74) is 0. The number of unbranched alkanes of at least 4 members (excludes halogenated alkanes) is 48. The molecule has 0 radical (unpaired) electrons. The maximum absolute atomic E-state index is 13.0. The quantitative estimate of drug-likeness (QED) is 0.0272. The van der Waals surface area contributed by atoms with Gasteiger partial charge < -0.3 is 28.8 Å². The first kappa shape index (κ1) is 83.2. The normalized spacial score (nSPS) is 13.9. The van der Waals surface area contributed by atoms with Crippen LogP contribution in [0.1, 0.15) is 367 Å². The minimum atomic E-state index is -4.62. The van der Waals surface area contributed by atoms with Gasteiger partial charge in [-0.1, -0.05) is 344 Å². The number of phosphoric ester groups is 1. The van der Waals surface area contributed by atoms with E-state index in [0.29, 0.717) is 17.4 Å². The number of hydrogen-bond donors (Lipinski definition) is 2. The second kappa shape index (κ2) is 66.6. The maximum Gasteiger partial charge on any atom is 0.268 e. The molecule has 0 saturated carbocycles. The Morgan fingerprint density at radius 2 is 0.694 bits per heavy atom. The Labute approximate surface area is 530 Å². The van der Waals surface area contributed by atoms with Crippen LogP contribution in [0.5, 0.6) is 0 Å². The molecule has 0 saturated heterocycles. The predicted molar refractivity (Wildman–Crippen MR) is 371 cm³/mol. The summed E-state index contributed by atoms with van der Waals surface area (Å²) in [6.45, 7) is 4.66. The number of nitrogens with one attached hydrogen (secondary N) is 1. The number of rotatable bonds is 69. The van der Waals surface area contributed by atoms with E-state index in [1.54, 1.807) is 6.08 Å². The molecule has 0 aliphatic rings. The number of likely N-dealkylation sites (N-methyl/N-ethyl adjacent to an activating group) is 1. The molecule has 0 heterocycles. The monoisotopic (exact) mass is 1210 g/mol. The number of aliphatic hydroxyl groups is 1. The molecule has 1 amide bonds. The summed E-state index contributed by atoms with van der Waals surface area (Å²) < 4.78 is 23.4. The molecule has 85 heavy (non-hydrogen) atoms. The minimum absolute atomic E-state index is 0.00831. The minimum Gasteiger partial charge on any atom is -0.756 e. The van der Waals surface area contributed by atoms with E-state index in [0.717, 1.165) is 51.4 Å². The zero-order valence-corrected chi connectivity index (χ0v) is 58.2. The molecule has 0 aliphatic carbocycles. The Balaban J connectivity index is 3.99. The van der Waals surface area contributed by atoms with Crippen LogP contribution < -0.4 is 10.2 Å². The highest BCUT2D eigenvalue weighted by Crippen LogP contribution is 2.38. The lowest BCUT2D eigenvalue weighted by Gasteiger charge is -2.29. The van der Waals surface area contributed by atoms with E-state index in [1.165, 1.54) is 295 Å². The molecule has 0 rings (SSSR count). The van der Waals surface area contributed by atoms with Crippen LogP contribution in [0.4, 0.5) is 0 Å². The zero-order valence-electron chi connectivity index (χ0n) is 57.3. The number of carbonyl (C=O) groups excluding carboxylic acids is 1. The zero-order chi connectivity index (χ0) is 61.9. The lowest BCUT2D eigenvalue weighted by molar-refractivity contribution is -0.870. The fraction of sp³-hybridized carbons (Fsp3) is 0.855. The van der Waals surface area contributed by atoms with Gasteiger partial charge in [0, 0.05) is 6.42 Å². The van der Waals surface area contributed by atoms with Crippen LogP contribution in [0.2, 0.25) is 0 Å². The second-order valence-corrected chi connectivity index (χ2v) is 28.0. The van der Waals surface area contributed by atoms with Gasteiger partial charge in [0.25, 0.3) is 7.82 Å². The number of aliphatic hydroxyl groups excluding tert-OH is 1. The molecular weight excluding hydrogens is 1070 g/mol. The molecule has 8 nitrogen and oxygen atoms in total. The van der Waals surface area contributed by atoms with Gasteiger partial charge in [-0.15, -0.1) is 0 Å². The lowest BCUT2D eigenvalue weighted by atomic mass is 10.0. The van der Waals surface area contributed by atoms with Crippen LogP contribution in [-0.4, -0.2) is 68.5 Å². The first-order valence-electron chi connectivity index (χ1n) is 37.2. The molecule has 3 unspecified atom stereocenters. The van der Waals surface area contributed by atoms with E-state index < -0.39 is 26.6 Å². The summed E-state index contributed by atoms with van der Waals surface area (Å²) in [7, 11) is 1.25. The predicted octanol–water partition coefficient (Wildman–Crippen LogP) is 23.3. The molecule has 0 aliphatic heterocycles. The number of quaternary nitrogens is 1. The molecule has 9 heteroatoms. The number of amides is 1. The van der Waals surface area contributed by atoms with E-state index in [2.05, 4.69) is 67.8 Å². The molecule has 2 N–H and O–H groups in total. The summed E-state index contributed by atoms with van der Waals surface area (Å²) in [5, 5.41) is 13.9. The van der Waals surface area contributed by atoms with Crippen molar-refractivity contribution in [3.63, 3.8) is 0 Å². The Hall–Kier alpha value is -1.80. The van der Waals surface area contributed by atoms with Crippen LogP contribution in [0.25, 0.3) is 0 Å². The Morgan fingerprint density at radius 3 is 1.02 bits per heavy atom. The third kappa shape index (κ3) is 69.5. The fourth-order valence-electron chi connectivity index (χ4n) is 11.2. The standard InChI is InChI=1S/C76H145N2O6P/c1-6-8-10-12-14-16-18-20-22-24-26-28-30-32-33-34-35-36-37-38-39-40-41-42-43-44-45-46-48-50-52-54-56-58-60-62-64-66-68-70-76(80)77-74(73-84-85(81,82)83-72-71-78(3,4)5)75(79)69-67-65-63-61-59-57-55-53-51-49-47-31-29-27-25-23-21-19-17-15-13-11-9-7-2/h18,20,24,26,51,53,59,61,67,69,74-75,79H,6-17,19,21-23,25,27-50,52,54-58,60,62-66,68,70-73H2,1-5H3,(H-,77,80,81,82)/b20-18-,26-24-,53-51+,61-59+,69-67+. The van der Waals surface area contributed by atoms with Crippen molar-refractivity contribution in [1.29, 1.82) is 0 Å². The topological polar surface area (TPSA) is 108 Å². The summed E-state index contributed by atoms with van der Waals surface area (Å²) >= 11 is 0. The van der Waals surface area contributed by atoms with Crippen molar-refractivity contribution in [2.45, 2.75) is 379 Å². The van der Waals surface area contributed by atoms with Crippen molar-refractivity contribution in [1.82, 2.24) is 5.32 Å². The molecular formula is C76H145N2O6P. The Kier molecular flexibility index (Phi) is 65.2. The number of nitrogens with zero attached hydrogens (tertiary/aromatic N) is 1. The molecule has 3 atom stereocenters. The van der Waals surface area contributed by atoms with Gasteiger partial charge in [-0.2, -0.15) is 0 Å². The number of allylic oxidation sites excluding steroid dienone is 9. The van der Waals surface area contributed by atoms with Gasteiger partial charge in [-0.05, 0) is 77.0 Å². The van der Waals surface area contributed by atoms with Crippen molar-refractivity contribution in [2.24, 2.45) is 0 Å². The summed E-state index contributed by atoms with van der Waals surface area (Å²) in [6.07, 6.45) is 92.3. The van der Waals surface area contributed by atoms with Gasteiger partial charge in [0.15, 0.2) is 0 Å². The van der Waals surface area contributed by atoms with E-state index in [9.17, 15) is 19.4 Å². The van der Waals surface area contributed by atoms with Gasteiger partial charge in [0.05, 0.1) is 39.9 Å². The van der Waals surface area contributed by atoms with E-state index in [1.807, 2.05) is 27.2 Å². The van der Waals surface area contributed by atoms with Gasteiger partial charge in [-0.25, -0.2) is 0 Å². The summed E-state index contributed by atoms with van der Waals surface area (Å²) in [6, 6.07) is -0.911. The fourth-order valence-corrected chi connectivity index (χ4v) is 11.9. The number of carbonyl (C=O) groups is 1. The molecule has 0 fully saturated rings. The molecule has 0 aromatic carbocycles. The SMILES string of the molecule is CCCCCCC/C=C\C/C=C\CCCCCCCCCCCCCCCCCCCCCCCCCCCCCC(=O)NC(COP(=O)([O-])OCC[N+](C)(C)C)C(O)/C=C/CC/C=C/CC/C=C/CCCCCCCCCCCCCCCC. The lowest BCUT2D eigenvalue weighted by Crippen LogP contribution is -2.45. The first-order valence-corrected chi connectivity index (χ1v) is 38.6. The van der Waals surface area contributed by atoms with Gasteiger partial charge in [0.1, 0.15) is 13.2 Å². The highest BCUT2D eigenvalue weighted by molar-refractivity contribution is 7.45. The third-order valence-corrected chi connectivity index (χ3v) is 17.9. The number of hydrogen-bond acceptors (Lipinski definition) is 6. The smallest absolute Gasteiger partial charge is 0.268 e. The highest BCUT2D eigenvalue weighted by atomic mass is 31.2. The molecule has 0 aromatic rings. The molecule has 0 aromatic heterocycles. The van der Waals surface area contributed by atoms with E-state index in [4.69, 9.17) is 9.05 Å². The van der Waals surface area contributed by atoms with Gasteiger partial charge >= 0.3 is 0 Å². The van der Waals surface area contributed by atoms with Crippen molar-refractivity contribution in [3.8, 4) is 0 Å². The summed E-state index contributed by atoms with van der Waals surface area (Å²) in [5.74, 6) is -0.205. The molecule has 500 valence electrons. The maximum atomic E-state index is 13.0. The molecule has 0 spiro atoms. The van der Waals surface area contributed by atoms with Crippen molar-refractivity contribution < 1.29 is 32.9 Å². The first-order chi connectivity index (χ1) is 41.5. The molecule has 0 bridgehead atoms. The van der Waals surface area contributed by atoms with E-state index >= 15 is 0 Å². The Bertz CT molecular complexity index is 1570. The van der Waals surface area contributed by atoms with Gasteiger partial charge in [-0.3, -0.25) is 9.36 Å². The van der Waals surface area contributed by atoms with E-state index in [-0.39, 0.29) is 12.5 Å². The van der Waals surface area contributed by atoms with Crippen LogP contribution in [0.15, 0.2) is 60.8 Å². The van der Waals surface area contributed by atoms with Gasteiger partial charge in [0.2, 0.25) is 5.91 Å². The number of phosphoric acid groups is 1. The highest BCUT2D eigenvalue weighted by Gasteiger charge is 2.23. The third-order valence-electron chi connectivity index (χ3n) is 16.9. The van der Waals surface area contributed by atoms with Crippen molar-refractivity contribution in [2.75, 3.05) is 40.9 Å². The average molecular weight is 1210 g/mol. The van der Waals surface area contributed by atoms with Crippen molar-refractivity contribution >= 4 is 13.7 Å². The largest absolute Gasteiger partial charge is 0.756 e. The van der Waals surface area contributed by atoms with Crippen LogP contribution >= 0.6 is 7.82 Å². The van der Waals surface area contributed by atoms with Crippen LogP contribution in [0.3, 0.4) is 0 Å². The van der Waals surface area contributed by atoms with Crippen LogP contribution in [-0.2, 0) is 18.4 Å². The van der Waals surface area contributed by atoms with Crippen molar-refractivity contribution in [3.05, 3.63) is 60.8 Å².